The molecular formula is C19H19FN4O. The molecule has 1 heterocycles. The van der Waals surface area contributed by atoms with Crippen LogP contribution in [0.3, 0.4) is 0 Å². The summed E-state index contributed by atoms with van der Waals surface area (Å²) >= 11 is 0. The number of para-hydroxylation sites is 1. The molecule has 2 aromatic carbocycles. The number of anilines is 1. The van der Waals surface area contributed by atoms with Crippen molar-refractivity contribution < 1.29 is 9.18 Å². The third-order valence-electron chi connectivity index (χ3n) is 4.72. The molecule has 25 heavy (non-hydrogen) atoms. The van der Waals surface area contributed by atoms with Crippen LogP contribution in [0.5, 0.6) is 0 Å². The molecule has 0 bridgehead atoms. The Kier molecular flexibility index (Phi) is 3.97. The van der Waals surface area contributed by atoms with E-state index in [4.69, 9.17) is 5.73 Å². The van der Waals surface area contributed by atoms with E-state index in [2.05, 4.69) is 10.3 Å². The van der Waals surface area contributed by atoms with Gasteiger partial charge in [-0.15, -0.1) is 0 Å². The van der Waals surface area contributed by atoms with Crippen LogP contribution >= 0.6 is 0 Å². The molecule has 1 fully saturated rings. The van der Waals surface area contributed by atoms with Gasteiger partial charge in [0.15, 0.2) is 6.17 Å². The number of aromatic nitrogens is 2. The Morgan fingerprint density at radius 3 is 2.72 bits per heavy atom. The normalized spacial score (nSPS) is 20.9. The Bertz CT molecular complexity index is 902. The second-order valence-corrected chi connectivity index (χ2v) is 6.54. The summed E-state index contributed by atoms with van der Waals surface area (Å²) in [4.78, 5) is 16.4. The molecule has 1 atom stereocenters. The molecule has 1 aliphatic carbocycles. The van der Waals surface area contributed by atoms with Crippen LogP contribution in [0.1, 0.15) is 12.8 Å². The molecule has 4 rings (SSSR count). The molecule has 1 unspecified atom stereocenters. The lowest BCUT2D eigenvalue weighted by molar-refractivity contribution is -0.124. The second kappa shape index (κ2) is 6.29. The zero-order valence-corrected chi connectivity index (χ0v) is 13.6. The fourth-order valence-electron chi connectivity index (χ4n) is 3.26. The van der Waals surface area contributed by atoms with E-state index >= 15 is 0 Å². The van der Waals surface area contributed by atoms with Crippen LogP contribution < -0.4 is 11.1 Å². The van der Waals surface area contributed by atoms with Crippen LogP contribution in [-0.4, -0.2) is 27.7 Å². The van der Waals surface area contributed by atoms with Gasteiger partial charge in [0, 0.05) is 23.3 Å². The van der Waals surface area contributed by atoms with Gasteiger partial charge < -0.3 is 11.1 Å². The Hall–Kier alpha value is -2.73. The van der Waals surface area contributed by atoms with Gasteiger partial charge in [0.1, 0.15) is 6.33 Å². The number of nitrogens with zero attached hydrogens (tertiary/aromatic N) is 2. The Morgan fingerprint density at radius 2 is 2.00 bits per heavy atom. The monoisotopic (exact) mass is 338 g/mol. The number of imidazole rings is 1. The molecule has 0 spiro atoms. The molecule has 1 aromatic heterocycles. The van der Waals surface area contributed by atoms with Crippen LogP contribution in [0.25, 0.3) is 16.7 Å². The quantitative estimate of drug-likeness (QED) is 0.768. The summed E-state index contributed by atoms with van der Waals surface area (Å²) in [6.07, 6.45) is 1.35. The van der Waals surface area contributed by atoms with Crippen molar-refractivity contribution in [3.63, 3.8) is 0 Å². The summed E-state index contributed by atoms with van der Waals surface area (Å²) in [5.74, 6) is -0.880. The van der Waals surface area contributed by atoms with Crippen molar-refractivity contribution in [1.82, 2.24) is 9.55 Å². The van der Waals surface area contributed by atoms with E-state index in [1.807, 2.05) is 41.0 Å². The highest BCUT2D eigenvalue weighted by Crippen LogP contribution is 2.31. The standard InChI is InChI=1S/C19H19FN4O/c20-18(12-8-13(21)9-12)19(25)23-14-6-7-17-16(10-14)22-11-24(17)15-4-2-1-3-5-15/h1-7,10-13,18H,8-9,21H2,(H,23,25). The van der Waals surface area contributed by atoms with Crippen LogP contribution in [0.15, 0.2) is 54.9 Å². The minimum Gasteiger partial charge on any atom is -0.328 e. The van der Waals surface area contributed by atoms with E-state index in [0.29, 0.717) is 18.5 Å². The lowest BCUT2D eigenvalue weighted by atomic mass is 9.77. The van der Waals surface area contributed by atoms with Gasteiger partial charge in [-0.05, 0) is 43.2 Å². The smallest absolute Gasteiger partial charge is 0.259 e. The van der Waals surface area contributed by atoms with Gasteiger partial charge in [-0.3, -0.25) is 9.36 Å². The number of nitrogens with two attached hydrogens (primary N) is 1. The maximum atomic E-state index is 14.2. The fourth-order valence-corrected chi connectivity index (χ4v) is 3.26. The number of carbonyl (C=O) groups excluding carboxylic acids is 1. The van der Waals surface area contributed by atoms with Crippen molar-refractivity contribution in [2.75, 3.05) is 5.32 Å². The van der Waals surface area contributed by atoms with Crippen molar-refractivity contribution in [2.45, 2.75) is 25.1 Å². The molecule has 0 aliphatic heterocycles. The van der Waals surface area contributed by atoms with Gasteiger partial charge >= 0.3 is 0 Å². The predicted octanol–water partition coefficient (Wildman–Crippen LogP) is 3.04. The summed E-state index contributed by atoms with van der Waals surface area (Å²) in [7, 11) is 0. The topological polar surface area (TPSA) is 72.9 Å². The Morgan fingerprint density at radius 1 is 1.24 bits per heavy atom. The highest BCUT2D eigenvalue weighted by atomic mass is 19.1. The van der Waals surface area contributed by atoms with Crippen LogP contribution in [0.4, 0.5) is 10.1 Å². The Balaban J connectivity index is 1.53. The first-order valence-electron chi connectivity index (χ1n) is 8.35. The van der Waals surface area contributed by atoms with E-state index in [1.54, 1.807) is 18.5 Å². The minimum absolute atomic E-state index is 0.0225. The van der Waals surface area contributed by atoms with Gasteiger partial charge in [0.05, 0.1) is 11.0 Å². The molecule has 0 saturated heterocycles. The first-order chi connectivity index (χ1) is 12.1. The van der Waals surface area contributed by atoms with Gasteiger partial charge in [-0.25, -0.2) is 9.37 Å². The molecule has 128 valence electrons. The third-order valence-corrected chi connectivity index (χ3v) is 4.72. The highest BCUT2D eigenvalue weighted by molar-refractivity contribution is 5.96. The average Bonchev–Trinajstić information content (AvgIpc) is 3.02. The number of rotatable bonds is 4. The zero-order valence-electron chi connectivity index (χ0n) is 13.6. The number of amides is 1. The van der Waals surface area contributed by atoms with Gasteiger partial charge in [-0.1, -0.05) is 18.2 Å². The van der Waals surface area contributed by atoms with Crippen molar-refractivity contribution in [3.8, 4) is 5.69 Å². The highest BCUT2D eigenvalue weighted by Gasteiger charge is 2.37. The number of hydrogen-bond donors (Lipinski definition) is 2. The maximum Gasteiger partial charge on any atom is 0.259 e. The summed E-state index contributed by atoms with van der Waals surface area (Å²) in [6, 6.07) is 15.3. The summed E-state index contributed by atoms with van der Waals surface area (Å²) < 4.78 is 16.1. The first-order valence-corrected chi connectivity index (χ1v) is 8.35. The summed E-state index contributed by atoms with van der Waals surface area (Å²) in [5, 5.41) is 2.64. The van der Waals surface area contributed by atoms with Crippen LogP contribution in [0, 0.1) is 5.92 Å². The van der Waals surface area contributed by atoms with Gasteiger partial charge in [-0.2, -0.15) is 0 Å². The van der Waals surface area contributed by atoms with Crippen molar-refractivity contribution >= 4 is 22.6 Å². The van der Waals surface area contributed by atoms with E-state index in [9.17, 15) is 9.18 Å². The number of halogens is 1. The van der Waals surface area contributed by atoms with E-state index < -0.39 is 12.1 Å². The Labute approximate surface area is 144 Å². The lowest BCUT2D eigenvalue weighted by Crippen LogP contribution is -2.45. The number of alkyl halides is 1. The van der Waals surface area contributed by atoms with Crippen molar-refractivity contribution in [1.29, 1.82) is 0 Å². The minimum atomic E-state index is -1.52. The third kappa shape index (κ3) is 3.00. The number of hydrogen-bond acceptors (Lipinski definition) is 3. The molecule has 0 radical (unpaired) electrons. The molecule has 3 aromatic rings. The van der Waals surface area contributed by atoms with E-state index in [-0.39, 0.29) is 12.0 Å². The number of nitrogens with one attached hydrogen (secondary N) is 1. The number of benzene rings is 2. The SMILES string of the molecule is NC1CC(C(F)C(=O)Nc2ccc3c(c2)ncn3-c2ccccc2)C1. The van der Waals surface area contributed by atoms with Crippen molar-refractivity contribution in [2.24, 2.45) is 11.7 Å². The van der Waals surface area contributed by atoms with E-state index in [1.165, 1.54) is 0 Å². The van der Waals surface area contributed by atoms with Gasteiger partial charge in [0.2, 0.25) is 0 Å². The van der Waals surface area contributed by atoms with Crippen LogP contribution in [0.2, 0.25) is 0 Å². The average molecular weight is 338 g/mol. The largest absolute Gasteiger partial charge is 0.328 e. The van der Waals surface area contributed by atoms with Crippen LogP contribution in [-0.2, 0) is 4.79 Å². The predicted molar refractivity (Wildman–Crippen MR) is 95.3 cm³/mol. The zero-order chi connectivity index (χ0) is 17.4. The molecule has 5 nitrogen and oxygen atoms in total. The number of fused-ring (bicyclic) bond motifs is 1. The molecule has 1 amide bonds. The molecule has 1 saturated carbocycles. The summed E-state index contributed by atoms with van der Waals surface area (Å²) in [5.41, 5.74) is 8.87. The molecule has 6 heteroatoms. The molecule has 3 N–H and O–H groups in total. The fraction of sp³-hybridized carbons (Fsp3) is 0.263. The van der Waals surface area contributed by atoms with Gasteiger partial charge in [0.25, 0.3) is 5.91 Å². The molecular weight excluding hydrogens is 319 g/mol. The maximum absolute atomic E-state index is 14.2. The van der Waals surface area contributed by atoms with E-state index in [0.717, 1.165) is 16.7 Å². The lowest BCUT2D eigenvalue weighted by Gasteiger charge is -2.33. The second-order valence-electron chi connectivity index (χ2n) is 6.54. The summed E-state index contributed by atoms with van der Waals surface area (Å²) in [6.45, 7) is 0. The number of carbonyl (C=O) groups is 1. The molecule has 1 aliphatic rings. The first kappa shape index (κ1) is 15.8. The van der Waals surface area contributed by atoms with Crippen molar-refractivity contribution in [3.05, 3.63) is 54.9 Å².